The molecule has 180 valence electrons. The summed E-state index contributed by atoms with van der Waals surface area (Å²) in [4.78, 5) is 28.8. The first-order valence-corrected chi connectivity index (χ1v) is 11.9. The Hall–Kier alpha value is -3.77. The number of hydrogen-bond acceptors (Lipinski definition) is 4. The van der Waals surface area contributed by atoms with E-state index in [4.69, 9.17) is 16.3 Å². The van der Waals surface area contributed by atoms with Crippen LogP contribution in [0.5, 0.6) is 5.75 Å². The van der Waals surface area contributed by atoms with Crippen molar-refractivity contribution in [2.75, 3.05) is 43.0 Å². The highest BCUT2D eigenvalue weighted by Gasteiger charge is 2.21. The molecule has 2 amide bonds. The fourth-order valence-electron chi connectivity index (χ4n) is 3.83. The minimum absolute atomic E-state index is 0.00511. The second-order valence-electron chi connectivity index (χ2n) is 8.37. The first-order chi connectivity index (χ1) is 17.0. The summed E-state index contributed by atoms with van der Waals surface area (Å²) < 4.78 is 5.53. The smallest absolute Gasteiger partial charge is 0.262 e. The number of aryl methyl sites for hydroxylation is 1. The van der Waals surface area contributed by atoms with Gasteiger partial charge in [0.2, 0.25) is 5.91 Å². The molecule has 0 bridgehead atoms. The molecule has 0 spiro atoms. The molecule has 35 heavy (non-hydrogen) atoms. The van der Waals surface area contributed by atoms with Gasteiger partial charge >= 0.3 is 0 Å². The van der Waals surface area contributed by atoms with Gasteiger partial charge in [0.05, 0.1) is 10.7 Å². The summed E-state index contributed by atoms with van der Waals surface area (Å²) >= 11 is 6.53. The number of nitrogens with one attached hydrogen (secondary N) is 1. The molecule has 1 saturated heterocycles. The number of hydrogen-bond donors (Lipinski definition) is 1. The van der Waals surface area contributed by atoms with E-state index in [-0.39, 0.29) is 18.4 Å². The molecule has 1 aliphatic rings. The zero-order valence-electron chi connectivity index (χ0n) is 19.6. The minimum atomic E-state index is -0.259. The van der Waals surface area contributed by atoms with E-state index >= 15 is 0 Å². The Morgan fingerprint density at radius 3 is 2.37 bits per heavy atom. The third kappa shape index (κ3) is 6.87. The lowest BCUT2D eigenvalue weighted by molar-refractivity contribution is -0.126. The van der Waals surface area contributed by atoms with Crippen molar-refractivity contribution >= 4 is 40.9 Å². The van der Waals surface area contributed by atoms with Crippen LogP contribution in [0, 0.1) is 6.92 Å². The Morgan fingerprint density at radius 1 is 0.971 bits per heavy atom. The molecule has 4 rings (SSSR count). The number of halogens is 1. The number of carbonyl (C=O) groups is 2. The van der Waals surface area contributed by atoms with Crippen molar-refractivity contribution in [3.8, 4) is 5.75 Å². The molecule has 0 unspecified atom stereocenters. The first kappa shape index (κ1) is 24.4. The minimum Gasteiger partial charge on any atom is -0.484 e. The van der Waals surface area contributed by atoms with Crippen LogP contribution in [0.4, 0.5) is 11.4 Å². The highest BCUT2D eigenvalue weighted by atomic mass is 35.5. The third-order valence-corrected chi connectivity index (χ3v) is 6.08. The Morgan fingerprint density at radius 2 is 1.69 bits per heavy atom. The highest BCUT2D eigenvalue weighted by molar-refractivity contribution is 6.33. The van der Waals surface area contributed by atoms with Gasteiger partial charge < -0.3 is 19.9 Å². The summed E-state index contributed by atoms with van der Waals surface area (Å²) in [6, 6.07) is 22.8. The van der Waals surface area contributed by atoms with Gasteiger partial charge in [0.15, 0.2) is 6.61 Å². The molecule has 1 heterocycles. The summed E-state index contributed by atoms with van der Waals surface area (Å²) in [6.45, 7) is 4.50. The number of nitrogens with zero attached hydrogens (tertiary/aromatic N) is 2. The van der Waals surface area contributed by atoms with Gasteiger partial charge in [0.25, 0.3) is 5.91 Å². The summed E-state index contributed by atoms with van der Waals surface area (Å²) in [5.41, 5.74) is 3.62. The Labute approximate surface area is 210 Å². The lowest BCUT2D eigenvalue weighted by atomic mass is 10.2. The second kappa shape index (κ2) is 11.6. The molecule has 7 heteroatoms. The lowest BCUT2D eigenvalue weighted by Gasteiger charge is -2.36. The van der Waals surface area contributed by atoms with E-state index in [0.29, 0.717) is 42.6 Å². The number of amides is 2. The monoisotopic (exact) mass is 489 g/mol. The molecular formula is C28H28ClN3O3. The van der Waals surface area contributed by atoms with Gasteiger partial charge in [-0.1, -0.05) is 59.6 Å². The van der Waals surface area contributed by atoms with E-state index in [0.717, 1.165) is 16.8 Å². The molecule has 1 fully saturated rings. The maximum absolute atomic E-state index is 12.5. The van der Waals surface area contributed by atoms with Crippen molar-refractivity contribution in [3.63, 3.8) is 0 Å². The lowest BCUT2D eigenvalue weighted by Crippen LogP contribution is -2.48. The number of piperazine rings is 1. The van der Waals surface area contributed by atoms with E-state index in [1.165, 1.54) is 0 Å². The molecule has 1 aliphatic heterocycles. The van der Waals surface area contributed by atoms with Gasteiger partial charge in [-0.2, -0.15) is 0 Å². The van der Waals surface area contributed by atoms with E-state index in [1.807, 2.05) is 84.6 Å². The van der Waals surface area contributed by atoms with Gasteiger partial charge in [-0.15, -0.1) is 0 Å². The Bertz CT molecular complexity index is 1190. The molecular weight excluding hydrogens is 462 g/mol. The molecule has 0 aromatic heterocycles. The van der Waals surface area contributed by atoms with Crippen molar-refractivity contribution in [2.45, 2.75) is 6.92 Å². The van der Waals surface area contributed by atoms with Crippen LogP contribution < -0.4 is 15.0 Å². The average molecular weight is 490 g/mol. The molecule has 0 radical (unpaired) electrons. The predicted molar refractivity (Wildman–Crippen MR) is 141 cm³/mol. The van der Waals surface area contributed by atoms with Crippen LogP contribution in [0.1, 0.15) is 11.1 Å². The zero-order chi connectivity index (χ0) is 24.6. The van der Waals surface area contributed by atoms with Crippen molar-refractivity contribution in [2.24, 2.45) is 0 Å². The predicted octanol–water partition coefficient (Wildman–Crippen LogP) is 5.03. The van der Waals surface area contributed by atoms with Crippen molar-refractivity contribution in [3.05, 3.63) is 95.0 Å². The maximum Gasteiger partial charge on any atom is 0.262 e. The average Bonchev–Trinajstić information content (AvgIpc) is 2.88. The molecule has 1 N–H and O–H groups in total. The van der Waals surface area contributed by atoms with Crippen LogP contribution >= 0.6 is 11.6 Å². The van der Waals surface area contributed by atoms with Crippen molar-refractivity contribution in [1.82, 2.24) is 4.90 Å². The molecule has 0 atom stereocenters. The SMILES string of the molecule is Cc1ccc(OCC(=O)Nc2ccc(N3CCN(C(=O)/C=C/c4ccccc4)CC3)c(Cl)c2)cc1. The van der Waals surface area contributed by atoms with Gasteiger partial charge in [-0.05, 0) is 48.9 Å². The summed E-state index contributed by atoms with van der Waals surface area (Å²) in [5, 5.41) is 3.36. The Kier molecular flexibility index (Phi) is 8.06. The van der Waals surface area contributed by atoms with E-state index < -0.39 is 0 Å². The van der Waals surface area contributed by atoms with Gasteiger partial charge in [0, 0.05) is 37.9 Å². The Balaban J connectivity index is 1.27. The van der Waals surface area contributed by atoms with Gasteiger partial charge in [0.1, 0.15) is 5.75 Å². The van der Waals surface area contributed by atoms with Crippen molar-refractivity contribution < 1.29 is 14.3 Å². The van der Waals surface area contributed by atoms with Crippen LogP contribution in [0.25, 0.3) is 6.08 Å². The topological polar surface area (TPSA) is 61.9 Å². The zero-order valence-corrected chi connectivity index (χ0v) is 20.4. The van der Waals surface area contributed by atoms with Gasteiger partial charge in [-0.3, -0.25) is 9.59 Å². The maximum atomic E-state index is 12.5. The second-order valence-corrected chi connectivity index (χ2v) is 8.78. The van der Waals surface area contributed by atoms with E-state index in [1.54, 1.807) is 12.1 Å². The van der Waals surface area contributed by atoms with E-state index in [2.05, 4.69) is 10.2 Å². The van der Waals surface area contributed by atoms with Crippen LogP contribution in [0.2, 0.25) is 5.02 Å². The van der Waals surface area contributed by atoms with Crippen LogP contribution in [0.15, 0.2) is 78.9 Å². The third-order valence-electron chi connectivity index (χ3n) is 5.77. The number of rotatable bonds is 7. The molecule has 6 nitrogen and oxygen atoms in total. The van der Waals surface area contributed by atoms with Crippen LogP contribution in [-0.2, 0) is 9.59 Å². The number of ether oxygens (including phenoxy) is 1. The van der Waals surface area contributed by atoms with Gasteiger partial charge in [-0.25, -0.2) is 0 Å². The van der Waals surface area contributed by atoms with E-state index in [9.17, 15) is 9.59 Å². The van der Waals surface area contributed by atoms with Crippen LogP contribution in [-0.4, -0.2) is 49.5 Å². The molecule has 3 aromatic carbocycles. The standard InChI is InChI=1S/C28H28ClN3O3/c1-21-7-11-24(12-8-21)35-20-27(33)30-23-10-13-26(25(29)19-23)31-15-17-32(18-16-31)28(34)14-9-22-5-3-2-4-6-22/h2-14,19H,15-18,20H2,1H3,(H,30,33)/b14-9+. The summed E-state index contributed by atoms with van der Waals surface area (Å²) in [6.07, 6.45) is 3.46. The summed E-state index contributed by atoms with van der Waals surface area (Å²) in [5.74, 6) is 0.392. The molecule has 0 saturated carbocycles. The number of carbonyl (C=O) groups excluding carboxylic acids is 2. The quantitative estimate of drug-likeness (QED) is 0.473. The fourth-order valence-corrected chi connectivity index (χ4v) is 4.13. The molecule has 0 aliphatic carbocycles. The number of benzene rings is 3. The highest BCUT2D eigenvalue weighted by Crippen LogP contribution is 2.29. The fraction of sp³-hybridized carbons (Fsp3) is 0.214. The molecule has 3 aromatic rings. The largest absolute Gasteiger partial charge is 0.484 e. The van der Waals surface area contributed by atoms with Crippen molar-refractivity contribution in [1.29, 1.82) is 0 Å². The first-order valence-electron chi connectivity index (χ1n) is 11.5. The normalized spacial score (nSPS) is 13.7. The number of anilines is 2. The van der Waals surface area contributed by atoms with Crippen LogP contribution in [0.3, 0.4) is 0 Å². The summed E-state index contributed by atoms with van der Waals surface area (Å²) in [7, 11) is 0.